The number of aromatic nitrogens is 4. The largest absolute Gasteiger partial charge is 0.394 e. The van der Waals surface area contributed by atoms with Gasteiger partial charge < -0.3 is 35.7 Å². The number of hydrogen-bond donors (Lipinski definition) is 7. The molecule has 6 atom stereocenters. The molecule has 0 saturated carbocycles. The van der Waals surface area contributed by atoms with E-state index in [1.807, 2.05) is 0 Å². The Bertz CT molecular complexity index is 905. The number of Topliss-reactive ketones (excluding diaryl/α,β-unsaturated/α-hetero) is 1. The summed E-state index contributed by atoms with van der Waals surface area (Å²) in [6.07, 6.45) is -2.28. The summed E-state index contributed by atoms with van der Waals surface area (Å²) in [6.45, 7) is -0.423. The number of hydrogen-bond acceptors (Lipinski definition) is 11. The molecule has 4 heterocycles. The fraction of sp³-hybridized carbons (Fsp3) is 0.562. The van der Waals surface area contributed by atoms with E-state index in [9.17, 15) is 24.9 Å². The third-order valence-corrected chi connectivity index (χ3v) is 5.03. The van der Waals surface area contributed by atoms with E-state index < -0.39 is 49.1 Å². The van der Waals surface area contributed by atoms with E-state index in [-0.39, 0.29) is 24.6 Å². The van der Waals surface area contributed by atoms with Crippen LogP contribution in [0.2, 0.25) is 0 Å². The number of aliphatic hydroxyl groups excluding tert-OH is 3. The van der Waals surface area contributed by atoms with Crippen LogP contribution < -0.4 is 16.0 Å². The van der Waals surface area contributed by atoms with Gasteiger partial charge in [0, 0.05) is 6.42 Å². The number of amides is 1. The molecule has 2 fully saturated rings. The van der Waals surface area contributed by atoms with Crippen molar-refractivity contribution in [1.29, 1.82) is 0 Å². The number of nitrogens with one attached hydrogen (secondary N) is 4. The van der Waals surface area contributed by atoms with Crippen molar-refractivity contribution in [2.45, 2.75) is 43.0 Å². The maximum Gasteiger partial charge on any atom is 0.238 e. The predicted octanol–water partition coefficient (Wildman–Crippen LogP) is -3.38. The lowest BCUT2D eigenvalue weighted by molar-refractivity contribution is -0.185. The van der Waals surface area contributed by atoms with E-state index in [1.54, 1.807) is 0 Å². The van der Waals surface area contributed by atoms with Gasteiger partial charge in [-0.1, -0.05) is 0 Å². The van der Waals surface area contributed by atoms with Crippen molar-refractivity contribution in [3.63, 3.8) is 0 Å². The summed E-state index contributed by atoms with van der Waals surface area (Å²) < 4.78 is 5.68. The minimum Gasteiger partial charge on any atom is -0.394 e. The Morgan fingerprint density at radius 2 is 2.10 bits per heavy atom. The first-order chi connectivity index (χ1) is 14.0. The number of aliphatic hydroxyl groups is 3. The van der Waals surface area contributed by atoms with Crippen molar-refractivity contribution in [3.05, 3.63) is 12.7 Å². The lowest BCUT2D eigenvalue weighted by Gasteiger charge is -2.43. The second-order valence-electron chi connectivity index (χ2n) is 6.94. The van der Waals surface area contributed by atoms with Crippen LogP contribution in [0.3, 0.4) is 0 Å². The van der Waals surface area contributed by atoms with Crippen molar-refractivity contribution >= 4 is 28.7 Å². The second kappa shape index (κ2) is 7.96. The number of nitrogens with zero attached hydrogens (tertiary/aromatic N) is 3. The van der Waals surface area contributed by atoms with E-state index in [0.717, 1.165) is 0 Å². The Balaban J connectivity index is 1.47. The molecule has 2 aromatic heterocycles. The molecule has 0 unspecified atom stereocenters. The van der Waals surface area contributed by atoms with Crippen LogP contribution in [0.25, 0.3) is 11.2 Å². The van der Waals surface area contributed by atoms with Crippen molar-refractivity contribution in [3.8, 4) is 0 Å². The lowest BCUT2D eigenvalue weighted by atomic mass is 9.95. The number of anilines is 1. The van der Waals surface area contributed by atoms with Crippen molar-refractivity contribution < 1.29 is 29.6 Å². The van der Waals surface area contributed by atoms with Crippen LogP contribution in [0.1, 0.15) is 6.42 Å². The van der Waals surface area contributed by atoms with Gasteiger partial charge in [-0.15, -0.1) is 0 Å². The van der Waals surface area contributed by atoms with Gasteiger partial charge in [-0.2, -0.15) is 0 Å². The molecule has 2 saturated heterocycles. The molecule has 1 amide bonds. The van der Waals surface area contributed by atoms with Gasteiger partial charge in [0.25, 0.3) is 0 Å². The monoisotopic (exact) mass is 407 g/mol. The molecule has 0 radical (unpaired) electrons. The Morgan fingerprint density at radius 1 is 1.28 bits per heavy atom. The first kappa shape index (κ1) is 19.6. The van der Waals surface area contributed by atoms with Gasteiger partial charge in [0.2, 0.25) is 5.91 Å². The summed E-state index contributed by atoms with van der Waals surface area (Å²) in [6, 6.07) is -1.80. The normalized spacial score (nSPS) is 32.4. The highest BCUT2D eigenvalue weighted by Crippen LogP contribution is 2.24. The number of imidazole rings is 1. The number of ketones is 1. The van der Waals surface area contributed by atoms with Gasteiger partial charge >= 0.3 is 0 Å². The third-order valence-electron chi connectivity index (χ3n) is 5.03. The molecule has 0 bridgehead atoms. The molecule has 0 aliphatic carbocycles. The summed E-state index contributed by atoms with van der Waals surface area (Å²) in [5.74, 6) is -0.323. The van der Waals surface area contributed by atoms with E-state index in [4.69, 9.17) is 4.74 Å². The summed E-state index contributed by atoms with van der Waals surface area (Å²) in [5.41, 5.74) is 0.876. The topological polar surface area (TPSA) is 195 Å². The van der Waals surface area contributed by atoms with Gasteiger partial charge in [0.05, 0.1) is 31.6 Å². The first-order valence-electron chi connectivity index (χ1n) is 9.06. The molecular formula is C16H21N7O6. The molecular weight excluding hydrogens is 386 g/mol. The third kappa shape index (κ3) is 3.77. The number of fused-ring (bicyclic) bond motifs is 1. The molecule has 0 aromatic carbocycles. The summed E-state index contributed by atoms with van der Waals surface area (Å²) in [5, 5.41) is 39.0. The number of ether oxygens (including phenoxy) is 1. The highest BCUT2D eigenvalue weighted by atomic mass is 16.5. The summed E-state index contributed by atoms with van der Waals surface area (Å²) in [7, 11) is 0. The molecule has 7 N–H and O–H groups in total. The number of H-pyrrole nitrogens is 1. The average Bonchev–Trinajstić information content (AvgIpc) is 3.37. The SMILES string of the molecule is O=C1CN[C@@H](C(=O)N[C@@H]2[C@@H](O)[C@H](O)[C@@H](Nc3ncnc4nc[nH]c34)O[C@H]2CO)C1. The molecule has 2 aliphatic heterocycles. The zero-order valence-corrected chi connectivity index (χ0v) is 15.1. The zero-order chi connectivity index (χ0) is 20.5. The fourth-order valence-corrected chi connectivity index (χ4v) is 3.49. The highest BCUT2D eigenvalue weighted by molar-refractivity contribution is 5.93. The number of carbonyl (C=O) groups excluding carboxylic acids is 2. The van der Waals surface area contributed by atoms with Crippen LogP contribution in [0.4, 0.5) is 5.82 Å². The van der Waals surface area contributed by atoms with Crippen molar-refractivity contribution in [2.24, 2.45) is 0 Å². The molecule has 13 nitrogen and oxygen atoms in total. The fourth-order valence-electron chi connectivity index (χ4n) is 3.49. The van der Waals surface area contributed by atoms with Crippen LogP contribution >= 0.6 is 0 Å². The van der Waals surface area contributed by atoms with Crippen LogP contribution in [0.15, 0.2) is 12.7 Å². The van der Waals surface area contributed by atoms with E-state index >= 15 is 0 Å². The van der Waals surface area contributed by atoms with Gasteiger partial charge in [0.1, 0.15) is 35.9 Å². The molecule has 2 aromatic rings. The van der Waals surface area contributed by atoms with Gasteiger partial charge in [0.15, 0.2) is 17.7 Å². The Morgan fingerprint density at radius 3 is 2.83 bits per heavy atom. The van der Waals surface area contributed by atoms with Crippen LogP contribution in [-0.4, -0.2) is 96.7 Å². The minimum absolute atomic E-state index is 0.0416. The molecule has 156 valence electrons. The van der Waals surface area contributed by atoms with Crippen molar-refractivity contribution in [2.75, 3.05) is 18.5 Å². The summed E-state index contributed by atoms with van der Waals surface area (Å²) in [4.78, 5) is 38.6. The molecule has 13 heteroatoms. The van der Waals surface area contributed by atoms with Gasteiger partial charge in [-0.05, 0) is 0 Å². The van der Waals surface area contributed by atoms with E-state index in [2.05, 4.69) is 35.9 Å². The Labute approximate surface area is 163 Å². The van der Waals surface area contributed by atoms with Crippen LogP contribution in [0, 0.1) is 0 Å². The Kier molecular flexibility index (Phi) is 5.38. The number of carbonyl (C=O) groups is 2. The highest BCUT2D eigenvalue weighted by Gasteiger charge is 2.46. The van der Waals surface area contributed by atoms with E-state index in [1.165, 1.54) is 12.7 Å². The smallest absolute Gasteiger partial charge is 0.238 e. The predicted molar refractivity (Wildman–Crippen MR) is 96.4 cm³/mol. The zero-order valence-electron chi connectivity index (χ0n) is 15.1. The average molecular weight is 407 g/mol. The number of rotatable bonds is 5. The maximum atomic E-state index is 12.4. The molecule has 0 spiro atoms. The molecule has 29 heavy (non-hydrogen) atoms. The standard InChI is InChI=1S/C16H21N7O6/c24-3-8-9(22-15(28)7-1-6(25)2-17-7)11(26)12(27)16(29-8)23-14-10-13(19-4-18-10)20-5-21-14/h4-5,7-9,11-12,16-17,24,26-27H,1-3H2,(H,22,28)(H2,18,19,20,21,23)/t7-,8+,9+,11-,12+,16+/m1/s1. The first-order valence-corrected chi connectivity index (χ1v) is 9.06. The molecule has 2 aliphatic rings. The van der Waals surface area contributed by atoms with Crippen LogP contribution in [-0.2, 0) is 14.3 Å². The van der Waals surface area contributed by atoms with Crippen LogP contribution in [0.5, 0.6) is 0 Å². The second-order valence-corrected chi connectivity index (χ2v) is 6.94. The quantitative estimate of drug-likeness (QED) is 0.261. The molecule has 4 rings (SSSR count). The van der Waals surface area contributed by atoms with E-state index in [0.29, 0.717) is 11.2 Å². The lowest BCUT2D eigenvalue weighted by Crippen LogP contribution is -2.66. The van der Waals surface area contributed by atoms with Gasteiger partial charge in [-0.25, -0.2) is 15.0 Å². The summed E-state index contributed by atoms with van der Waals surface area (Å²) >= 11 is 0. The number of aromatic amines is 1. The Hall–Kier alpha value is -2.71. The maximum absolute atomic E-state index is 12.4. The minimum atomic E-state index is -1.45. The van der Waals surface area contributed by atoms with Crippen molar-refractivity contribution in [1.82, 2.24) is 30.6 Å². The van der Waals surface area contributed by atoms with Gasteiger partial charge in [-0.3, -0.25) is 14.9 Å².